The van der Waals surface area contributed by atoms with E-state index in [4.69, 9.17) is 4.43 Å². The minimum absolute atomic E-state index is 0.0528. The summed E-state index contributed by atoms with van der Waals surface area (Å²) in [7, 11) is -1.67. The first-order valence-corrected chi connectivity index (χ1v) is 11.1. The van der Waals surface area contributed by atoms with Crippen molar-refractivity contribution in [2.24, 2.45) is 11.8 Å². The number of allylic oxidation sites excluding steroid dienone is 1. The van der Waals surface area contributed by atoms with Crippen LogP contribution in [-0.2, 0) is 9.22 Å². The van der Waals surface area contributed by atoms with Gasteiger partial charge in [-0.15, -0.1) is 0 Å². The average molecular weight is 298 g/mol. The normalized spacial score (nSPS) is 32.8. The van der Waals surface area contributed by atoms with Crippen LogP contribution in [0.5, 0.6) is 0 Å². The van der Waals surface area contributed by atoms with Crippen LogP contribution in [0.15, 0.2) is 12.2 Å². The van der Waals surface area contributed by atoms with Crippen molar-refractivity contribution in [1.29, 1.82) is 0 Å². The van der Waals surface area contributed by atoms with Crippen molar-refractivity contribution in [1.82, 2.24) is 0 Å². The van der Waals surface area contributed by atoms with Gasteiger partial charge < -0.3 is 9.53 Å². The molecule has 4 unspecified atom stereocenters. The second-order valence-corrected chi connectivity index (χ2v) is 11.6. The molecule has 0 spiro atoms. The van der Waals surface area contributed by atoms with Crippen molar-refractivity contribution in [2.45, 2.75) is 71.4 Å². The lowest BCUT2D eigenvalue weighted by Crippen LogP contribution is -2.44. The molecule has 0 aliphatic heterocycles. The second-order valence-electron chi connectivity index (χ2n) is 7.20. The molecule has 1 rings (SSSR count). The number of carbonyl (C=O) groups is 1. The van der Waals surface area contributed by atoms with Crippen molar-refractivity contribution >= 4 is 14.1 Å². The van der Waals surface area contributed by atoms with Crippen molar-refractivity contribution in [2.75, 3.05) is 0 Å². The van der Waals surface area contributed by atoms with Crippen LogP contribution < -0.4 is 0 Å². The van der Waals surface area contributed by atoms with Gasteiger partial charge in [-0.3, -0.25) is 4.79 Å². The molecular formula is C16H30O3Si. The van der Waals surface area contributed by atoms with Gasteiger partial charge in [0.05, 0.1) is 11.7 Å². The van der Waals surface area contributed by atoms with E-state index in [1.54, 1.807) is 13.0 Å². The van der Waals surface area contributed by atoms with E-state index in [1.807, 2.05) is 13.0 Å². The fraction of sp³-hybridized carbons (Fsp3) is 0.812. The summed E-state index contributed by atoms with van der Waals surface area (Å²) in [6, 6.07) is 0. The van der Waals surface area contributed by atoms with E-state index < -0.39 is 8.32 Å². The van der Waals surface area contributed by atoms with Gasteiger partial charge in [0.25, 0.3) is 0 Å². The quantitative estimate of drug-likeness (QED) is 0.602. The number of ketones is 1. The van der Waals surface area contributed by atoms with Crippen molar-refractivity contribution < 1.29 is 14.3 Å². The molecule has 0 saturated heterocycles. The zero-order chi connectivity index (χ0) is 15.6. The Labute approximate surface area is 124 Å². The van der Waals surface area contributed by atoms with Crippen LogP contribution in [0.2, 0.25) is 19.6 Å². The lowest BCUT2D eigenvalue weighted by Gasteiger charge is -2.39. The largest absolute Gasteiger partial charge is 0.412 e. The van der Waals surface area contributed by atoms with Crippen LogP contribution in [0.4, 0.5) is 0 Å². The van der Waals surface area contributed by atoms with Gasteiger partial charge in [0.15, 0.2) is 14.1 Å². The first-order valence-electron chi connectivity index (χ1n) is 7.66. The highest BCUT2D eigenvalue weighted by atomic mass is 28.4. The molecule has 1 saturated carbocycles. The summed E-state index contributed by atoms with van der Waals surface area (Å²) in [5.74, 6) is 0.363. The lowest BCUT2D eigenvalue weighted by molar-refractivity contribution is -0.112. The molecule has 0 aromatic rings. The number of aliphatic hydroxyl groups is 1. The van der Waals surface area contributed by atoms with Crippen LogP contribution in [0.25, 0.3) is 0 Å². The van der Waals surface area contributed by atoms with Gasteiger partial charge in [-0.1, -0.05) is 13.0 Å². The Morgan fingerprint density at radius 1 is 1.50 bits per heavy atom. The van der Waals surface area contributed by atoms with Gasteiger partial charge in [-0.05, 0) is 64.7 Å². The molecule has 4 atom stereocenters. The average Bonchev–Trinajstić information content (AvgIpc) is 2.59. The van der Waals surface area contributed by atoms with Gasteiger partial charge in [0.2, 0.25) is 0 Å². The summed E-state index contributed by atoms with van der Waals surface area (Å²) >= 11 is 0. The molecule has 1 aliphatic carbocycles. The fourth-order valence-corrected chi connectivity index (χ4v) is 5.03. The second kappa shape index (κ2) is 6.54. The zero-order valence-electron chi connectivity index (χ0n) is 13.8. The summed E-state index contributed by atoms with van der Waals surface area (Å²) in [5.41, 5.74) is -0.253. The molecule has 0 heterocycles. The number of carbonyl (C=O) groups excluding carboxylic acids is 1. The van der Waals surface area contributed by atoms with E-state index in [-0.39, 0.29) is 29.3 Å². The SMILES string of the molecule is CCC(O)C1CCC(C)(O[Si](C)(C)C)C1C=CC(C)=O. The molecule has 1 fully saturated rings. The number of rotatable bonds is 6. The molecule has 0 bridgehead atoms. The van der Waals surface area contributed by atoms with Gasteiger partial charge in [0, 0.05) is 5.92 Å². The third-order valence-corrected chi connectivity index (χ3v) is 5.21. The first-order chi connectivity index (χ1) is 9.09. The Kier molecular flexibility index (Phi) is 5.76. The Balaban J connectivity index is 3.02. The van der Waals surface area contributed by atoms with Crippen LogP contribution in [0.1, 0.15) is 40.0 Å². The molecule has 0 aromatic carbocycles. The minimum Gasteiger partial charge on any atom is -0.412 e. The van der Waals surface area contributed by atoms with Crippen molar-refractivity contribution in [3.63, 3.8) is 0 Å². The maximum atomic E-state index is 11.3. The molecule has 0 aromatic heterocycles. The highest BCUT2D eigenvalue weighted by Crippen LogP contribution is 2.46. The molecule has 4 heteroatoms. The summed E-state index contributed by atoms with van der Waals surface area (Å²) in [5, 5.41) is 10.3. The van der Waals surface area contributed by atoms with Gasteiger partial charge in [-0.25, -0.2) is 0 Å². The Hall–Kier alpha value is -0.453. The Morgan fingerprint density at radius 2 is 2.10 bits per heavy atom. The smallest absolute Gasteiger partial charge is 0.184 e. The minimum atomic E-state index is -1.67. The number of aliphatic hydroxyl groups excluding tert-OH is 1. The van der Waals surface area contributed by atoms with E-state index >= 15 is 0 Å². The predicted octanol–water partition coefficient (Wildman–Crippen LogP) is 3.54. The predicted molar refractivity (Wildman–Crippen MR) is 85.2 cm³/mol. The maximum Gasteiger partial charge on any atom is 0.184 e. The summed E-state index contributed by atoms with van der Waals surface area (Å²) in [4.78, 5) is 11.3. The van der Waals surface area contributed by atoms with E-state index in [0.29, 0.717) is 0 Å². The summed E-state index contributed by atoms with van der Waals surface area (Å²) in [6.45, 7) is 12.3. The van der Waals surface area contributed by atoms with E-state index in [9.17, 15) is 9.90 Å². The number of hydrogen-bond donors (Lipinski definition) is 1. The fourth-order valence-electron chi connectivity index (χ4n) is 3.39. The number of hydrogen-bond acceptors (Lipinski definition) is 3. The summed E-state index contributed by atoms with van der Waals surface area (Å²) < 4.78 is 6.42. The molecule has 0 amide bonds. The van der Waals surface area contributed by atoms with Crippen molar-refractivity contribution in [3.8, 4) is 0 Å². The maximum absolute atomic E-state index is 11.3. The third kappa shape index (κ3) is 4.54. The van der Waals surface area contributed by atoms with E-state index in [1.165, 1.54) is 0 Å². The van der Waals surface area contributed by atoms with Crippen LogP contribution in [0, 0.1) is 11.8 Å². The van der Waals surface area contributed by atoms with Crippen LogP contribution >= 0.6 is 0 Å². The summed E-state index contributed by atoms with van der Waals surface area (Å²) in [6.07, 6.45) is 5.95. The first kappa shape index (κ1) is 17.6. The Bertz CT molecular complexity index is 372. The van der Waals surface area contributed by atoms with Crippen molar-refractivity contribution in [3.05, 3.63) is 12.2 Å². The molecule has 116 valence electrons. The highest BCUT2D eigenvalue weighted by molar-refractivity contribution is 6.69. The van der Waals surface area contributed by atoms with Gasteiger partial charge in [-0.2, -0.15) is 0 Å². The monoisotopic (exact) mass is 298 g/mol. The third-order valence-electron chi connectivity index (χ3n) is 4.13. The standard InChI is InChI=1S/C16H30O3Si/c1-7-15(18)13-10-11-16(3,19-20(4,5)6)14(13)9-8-12(2)17/h8-9,13-15,18H,7,10-11H2,1-6H3. The van der Waals surface area contributed by atoms with E-state index in [2.05, 4.69) is 26.6 Å². The highest BCUT2D eigenvalue weighted by Gasteiger charge is 2.48. The molecule has 3 nitrogen and oxygen atoms in total. The van der Waals surface area contributed by atoms with Crippen LogP contribution in [-0.4, -0.2) is 30.9 Å². The molecule has 1 aliphatic rings. The van der Waals surface area contributed by atoms with Crippen LogP contribution in [0.3, 0.4) is 0 Å². The van der Waals surface area contributed by atoms with Gasteiger partial charge >= 0.3 is 0 Å². The Morgan fingerprint density at radius 3 is 2.55 bits per heavy atom. The molecule has 0 radical (unpaired) electrons. The molecular weight excluding hydrogens is 268 g/mol. The zero-order valence-corrected chi connectivity index (χ0v) is 14.8. The molecule has 20 heavy (non-hydrogen) atoms. The topological polar surface area (TPSA) is 46.5 Å². The van der Waals surface area contributed by atoms with E-state index in [0.717, 1.165) is 19.3 Å². The molecule has 1 N–H and O–H groups in total. The lowest BCUT2D eigenvalue weighted by atomic mass is 9.83. The van der Waals surface area contributed by atoms with Gasteiger partial charge in [0.1, 0.15) is 0 Å².